The largest absolute Gasteiger partial charge is 0.441 e. The zero-order valence-corrected chi connectivity index (χ0v) is 39.3. The third kappa shape index (κ3) is 12.8. The molecule has 5 aromatic heterocycles. The minimum Gasteiger partial charge on any atom is -0.441 e. The number of aromatic nitrogens is 10. The number of benzene rings is 2. The lowest BCUT2D eigenvalue weighted by atomic mass is 9.89. The number of ether oxygens (including phenoxy) is 2. The minimum absolute atomic E-state index is 0. The first-order valence-electron chi connectivity index (χ1n) is 21.5. The number of alkyl carbamates (subject to hydrolysis) is 1. The van der Waals surface area contributed by atoms with E-state index in [2.05, 4.69) is 41.1 Å². The van der Waals surface area contributed by atoms with Gasteiger partial charge in [0.2, 0.25) is 0 Å². The number of carbonyl (C=O) groups excluding carboxylic acids is 4. The van der Waals surface area contributed by atoms with Gasteiger partial charge in [-0.1, -0.05) is 30.6 Å². The van der Waals surface area contributed by atoms with Gasteiger partial charge in [0.05, 0.1) is 16.1 Å². The van der Waals surface area contributed by atoms with Crippen LogP contribution in [0.1, 0.15) is 100 Å². The molecule has 70 heavy (non-hydrogen) atoms. The van der Waals surface area contributed by atoms with Crippen molar-refractivity contribution in [2.75, 3.05) is 10.6 Å². The number of amides is 3. The van der Waals surface area contributed by atoms with Crippen LogP contribution in [0.3, 0.4) is 0 Å². The second kappa shape index (κ2) is 23.2. The first-order valence-corrected chi connectivity index (χ1v) is 22.2. The van der Waals surface area contributed by atoms with E-state index in [4.69, 9.17) is 38.4 Å². The highest BCUT2D eigenvalue weighted by atomic mass is 35.5. The molecular weight excluding hydrogens is 953 g/mol. The molecule has 0 fully saturated rings. The van der Waals surface area contributed by atoms with E-state index in [1.165, 1.54) is 70.7 Å². The Balaban J connectivity index is 0.000000183. The summed E-state index contributed by atoms with van der Waals surface area (Å²) in [7, 11) is 7.08. The fourth-order valence-electron chi connectivity index (χ4n) is 7.89. The molecule has 9 rings (SSSR count). The first-order chi connectivity index (χ1) is 33.0. The summed E-state index contributed by atoms with van der Waals surface area (Å²) in [6.07, 6.45) is 15.1. The number of nitrogens with zero attached hydrogens (tertiary/aromatic N) is 10. The highest BCUT2D eigenvalue weighted by molar-refractivity contribution is 6.31. The zero-order chi connectivity index (χ0) is 49.4. The van der Waals surface area contributed by atoms with Crippen molar-refractivity contribution in [2.24, 2.45) is 33.9 Å². The Bertz CT molecular complexity index is 2970. The van der Waals surface area contributed by atoms with Crippen LogP contribution in [0.15, 0.2) is 80.2 Å². The van der Waals surface area contributed by atoms with Gasteiger partial charge in [-0.2, -0.15) is 10.2 Å². The molecule has 0 saturated heterocycles. The van der Waals surface area contributed by atoms with Crippen molar-refractivity contribution in [3.63, 3.8) is 0 Å². The summed E-state index contributed by atoms with van der Waals surface area (Å²) in [5.41, 5.74) is 11.8. The molecule has 5 N–H and O–H groups in total. The third-order valence-corrected chi connectivity index (χ3v) is 11.6. The molecule has 3 amide bonds. The van der Waals surface area contributed by atoms with Gasteiger partial charge in [0.1, 0.15) is 42.0 Å². The maximum atomic E-state index is 13.4. The zero-order valence-electron chi connectivity index (χ0n) is 37.8. The Morgan fingerprint density at radius 2 is 1.26 bits per heavy atom. The van der Waals surface area contributed by atoms with Crippen molar-refractivity contribution in [3.05, 3.63) is 147 Å². The quantitative estimate of drug-likeness (QED) is 0.109. The van der Waals surface area contributed by atoms with Crippen LogP contribution >= 0.6 is 23.2 Å². The van der Waals surface area contributed by atoms with Crippen molar-refractivity contribution in [1.82, 2.24) is 53.5 Å². The molecule has 20 nitrogen and oxygen atoms in total. The van der Waals surface area contributed by atoms with Crippen molar-refractivity contribution < 1.29 is 37.4 Å². The lowest BCUT2D eigenvalue weighted by Gasteiger charge is -2.23. The standard InChI is InChI=1S/C21H22ClFN6O3.C16H17ClFN3O.C8H9N5O2.CH4/c1-28-9-14-13(19(28)20(30)25-12-6-7-16(23)15(22)8-12)4-3-5-17(14)26-21(31)32-10-18-24-11-29(2)27-18;1-21-8-11-10(3-2-4-14(11)19)15(21)16(22)20-9-5-6-13(18)12(17)7-9;1-12-6-10-7(11-12)4-15-8(14)13-3-2-9-5-13;/h6-9,11,17H,3-5,10H2,1-2H3,(H,25,30)(H,26,31);5-8,14H,2-4,19H2,1H3,(H,20,22);2-3,5-6H,4H2,1H3;1H4. The number of aryl methyl sites for hydroxylation is 4. The number of halogens is 4. The number of nitrogens with two attached hydrogens (primary N) is 1. The number of fused-ring (bicyclic) bond motifs is 2. The Morgan fingerprint density at radius 1 is 0.743 bits per heavy atom. The predicted molar refractivity (Wildman–Crippen MR) is 255 cm³/mol. The van der Waals surface area contributed by atoms with Gasteiger partial charge in [-0.05, 0) is 97.2 Å². The van der Waals surface area contributed by atoms with Crippen LogP contribution < -0.4 is 21.7 Å². The van der Waals surface area contributed by atoms with E-state index >= 15 is 0 Å². The average molecular weight is 1010 g/mol. The van der Waals surface area contributed by atoms with Gasteiger partial charge < -0.3 is 40.3 Å². The molecule has 0 saturated carbocycles. The summed E-state index contributed by atoms with van der Waals surface area (Å²) in [6, 6.07) is 7.83. The fourth-order valence-corrected chi connectivity index (χ4v) is 8.26. The summed E-state index contributed by atoms with van der Waals surface area (Å²) >= 11 is 11.5. The minimum atomic E-state index is -0.578. The monoisotopic (exact) mass is 1000 g/mol. The van der Waals surface area contributed by atoms with Gasteiger partial charge in [-0.15, -0.1) is 0 Å². The highest BCUT2D eigenvalue weighted by Crippen LogP contribution is 2.35. The Morgan fingerprint density at radius 3 is 1.76 bits per heavy atom. The summed E-state index contributed by atoms with van der Waals surface area (Å²) < 4.78 is 44.6. The molecule has 0 radical (unpaired) electrons. The normalized spacial score (nSPS) is 14.5. The second-order valence-corrected chi connectivity index (χ2v) is 16.9. The number of rotatable bonds is 9. The van der Waals surface area contributed by atoms with Crippen LogP contribution in [0.4, 0.5) is 29.7 Å². The van der Waals surface area contributed by atoms with E-state index in [1.807, 2.05) is 19.4 Å². The number of nitrogens with one attached hydrogen (secondary N) is 3. The van der Waals surface area contributed by atoms with Crippen molar-refractivity contribution in [2.45, 2.75) is 71.2 Å². The molecule has 7 aromatic rings. The average Bonchev–Trinajstić information content (AvgIpc) is 4.17. The molecule has 2 aromatic carbocycles. The SMILES string of the molecule is C.Cn1cc2c(c1C(=O)Nc1ccc(F)c(Cl)c1)CCCC2N.Cn1cnc(COC(=O)NC2CCCc3c2cn(C)c3C(=O)Nc2ccc(F)c(Cl)c2)n1.Cn1cnc(COC(=O)n2ccnc2)n1. The number of imidazole rings is 1. The molecule has 5 heterocycles. The molecule has 2 aliphatic carbocycles. The van der Waals surface area contributed by atoms with Crippen molar-refractivity contribution in [3.8, 4) is 0 Å². The van der Waals surface area contributed by atoms with Gasteiger partial charge >= 0.3 is 12.2 Å². The van der Waals surface area contributed by atoms with E-state index in [9.17, 15) is 28.0 Å². The summed E-state index contributed by atoms with van der Waals surface area (Å²) in [6.45, 7) is 0.0206. The predicted octanol–water partition coefficient (Wildman–Crippen LogP) is 7.74. The molecule has 2 aliphatic rings. The molecule has 2 unspecified atom stereocenters. The van der Waals surface area contributed by atoms with Gasteiger partial charge in [0, 0.05) is 70.4 Å². The van der Waals surface area contributed by atoms with E-state index in [0.29, 0.717) is 40.8 Å². The topological polar surface area (TPSA) is 238 Å². The molecule has 0 aliphatic heterocycles. The lowest BCUT2D eigenvalue weighted by molar-refractivity contribution is 0.101. The summed E-state index contributed by atoms with van der Waals surface area (Å²) in [5, 5.41) is 16.3. The van der Waals surface area contributed by atoms with Gasteiger partial charge in [0.15, 0.2) is 24.9 Å². The molecule has 0 spiro atoms. The van der Waals surface area contributed by atoms with Crippen LogP contribution in [0.25, 0.3) is 0 Å². The Hall–Kier alpha value is -7.43. The maximum absolute atomic E-state index is 13.4. The highest BCUT2D eigenvalue weighted by Gasteiger charge is 2.30. The van der Waals surface area contributed by atoms with Crippen LogP contribution in [0.5, 0.6) is 0 Å². The number of carbonyl (C=O) groups is 4. The number of hydrogen-bond donors (Lipinski definition) is 4. The van der Waals surface area contributed by atoms with Crippen LogP contribution in [-0.2, 0) is 63.7 Å². The Labute approximate surface area is 411 Å². The van der Waals surface area contributed by atoms with Crippen LogP contribution in [0, 0.1) is 11.6 Å². The van der Waals surface area contributed by atoms with Gasteiger partial charge in [-0.25, -0.2) is 37.9 Å². The number of anilines is 2. The summed E-state index contributed by atoms with van der Waals surface area (Å²) in [5.74, 6) is -0.763. The smallest absolute Gasteiger partial charge is 0.419 e. The lowest BCUT2D eigenvalue weighted by Crippen LogP contribution is -2.31. The molecule has 24 heteroatoms. The van der Waals surface area contributed by atoms with Crippen LogP contribution in [0.2, 0.25) is 10.0 Å². The number of hydrogen-bond acceptors (Lipinski definition) is 12. The Kier molecular flexibility index (Phi) is 17.3. The fraction of sp³-hybridized carbons (Fsp3) is 0.326. The molecule has 370 valence electrons. The van der Waals surface area contributed by atoms with Gasteiger partial charge in [0.25, 0.3) is 11.8 Å². The second-order valence-electron chi connectivity index (χ2n) is 16.1. The third-order valence-electron chi connectivity index (χ3n) is 11.0. The van der Waals surface area contributed by atoms with E-state index in [0.717, 1.165) is 54.4 Å². The molecule has 0 bridgehead atoms. The van der Waals surface area contributed by atoms with Crippen molar-refractivity contribution >= 4 is 58.6 Å². The van der Waals surface area contributed by atoms with E-state index in [1.54, 1.807) is 41.3 Å². The molecule has 2 atom stereocenters. The van der Waals surface area contributed by atoms with E-state index in [-0.39, 0.29) is 54.6 Å². The van der Waals surface area contributed by atoms with Gasteiger partial charge in [-0.3, -0.25) is 19.0 Å². The van der Waals surface area contributed by atoms with Crippen molar-refractivity contribution in [1.29, 1.82) is 0 Å². The van der Waals surface area contributed by atoms with E-state index < -0.39 is 23.8 Å². The molecular formula is C46H52Cl2F2N14O6. The van der Waals surface area contributed by atoms with Crippen LogP contribution in [-0.4, -0.2) is 72.2 Å². The first kappa shape index (κ1) is 52.0. The maximum Gasteiger partial charge on any atom is 0.419 e. The summed E-state index contributed by atoms with van der Waals surface area (Å²) in [4.78, 5) is 60.8.